The van der Waals surface area contributed by atoms with Gasteiger partial charge in [-0.15, -0.1) is 0 Å². The third kappa shape index (κ3) is 2.10. The molecule has 1 saturated heterocycles. The van der Waals surface area contributed by atoms with E-state index in [4.69, 9.17) is 0 Å². The number of fused-ring (bicyclic) bond motifs is 2. The second-order valence-corrected chi connectivity index (χ2v) is 5.31. The molecular formula is C14H20N2O. The van der Waals surface area contributed by atoms with Gasteiger partial charge in [0.2, 0.25) is 0 Å². The minimum atomic E-state index is -0.270. The van der Waals surface area contributed by atoms with E-state index < -0.39 is 0 Å². The van der Waals surface area contributed by atoms with Crippen molar-refractivity contribution < 1.29 is 5.11 Å². The van der Waals surface area contributed by atoms with E-state index in [-0.39, 0.29) is 12.1 Å². The molecule has 1 aromatic carbocycles. The van der Waals surface area contributed by atoms with E-state index in [1.54, 1.807) is 0 Å². The summed E-state index contributed by atoms with van der Waals surface area (Å²) >= 11 is 0. The molecule has 3 nitrogen and oxygen atoms in total. The number of hydrogen-bond donors (Lipinski definition) is 2. The summed E-state index contributed by atoms with van der Waals surface area (Å²) in [5.74, 6) is 0. The highest BCUT2D eigenvalue weighted by molar-refractivity contribution is 5.30. The van der Waals surface area contributed by atoms with Crippen LogP contribution in [0.4, 0.5) is 0 Å². The second-order valence-electron chi connectivity index (χ2n) is 5.31. The number of nitrogens with zero attached hydrogens (tertiary/aromatic N) is 1. The third-order valence-corrected chi connectivity index (χ3v) is 4.09. The van der Waals surface area contributed by atoms with E-state index in [0.29, 0.717) is 6.04 Å². The molecule has 0 amide bonds. The Kier molecular flexibility index (Phi) is 2.90. The van der Waals surface area contributed by atoms with Crippen LogP contribution in [-0.2, 0) is 13.0 Å². The molecule has 1 fully saturated rings. The van der Waals surface area contributed by atoms with Crippen molar-refractivity contribution in [2.45, 2.75) is 38.1 Å². The zero-order valence-electron chi connectivity index (χ0n) is 10.3. The Morgan fingerprint density at radius 3 is 2.88 bits per heavy atom. The van der Waals surface area contributed by atoms with E-state index in [0.717, 1.165) is 26.1 Å². The molecule has 92 valence electrons. The first-order valence-corrected chi connectivity index (χ1v) is 6.46. The molecule has 3 rings (SSSR count). The molecule has 0 saturated carbocycles. The van der Waals surface area contributed by atoms with Crippen LogP contribution in [0.5, 0.6) is 0 Å². The van der Waals surface area contributed by atoms with Crippen LogP contribution in [0.3, 0.4) is 0 Å². The van der Waals surface area contributed by atoms with Gasteiger partial charge in [0.25, 0.3) is 0 Å². The van der Waals surface area contributed by atoms with Crippen molar-refractivity contribution in [3.8, 4) is 0 Å². The lowest BCUT2D eigenvalue weighted by Crippen LogP contribution is -2.60. The summed E-state index contributed by atoms with van der Waals surface area (Å²) in [6.07, 6.45) is 0.864. The molecule has 3 unspecified atom stereocenters. The van der Waals surface area contributed by atoms with E-state index in [2.05, 4.69) is 34.5 Å². The molecule has 0 aromatic heterocycles. The van der Waals surface area contributed by atoms with Gasteiger partial charge in [0, 0.05) is 31.7 Å². The summed E-state index contributed by atoms with van der Waals surface area (Å²) < 4.78 is 0. The van der Waals surface area contributed by atoms with Crippen molar-refractivity contribution >= 4 is 0 Å². The first-order valence-electron chi connectivity index (χ1n) is 6.46. The maximum atomic E-state index is 9.67. The molecule has 2 aliphatic heterocycles. The van der Waals surface area contributed by atoms with Crippen LogP contribution in [0, 0.1) is 0 Å². The zero-order chi connectivity index (χ0) is 11.8. The van der Waals surface area contributed by atoms with Crippen molar-refractivity contribution in [3.63, 3.8) is 0 Å². The summed E-state index contributed by atoms with van der Waals surface area (Å²) in [6.45, 7) is 4.85. The molecule has 0 aliphatic carbocycles. The fraction of sp³-hybridized carbons (Fsp3) is 0.571. The summed E-state index contributed by atoms with van der Waals surface area (Å²) in [5.41, 5.74) is 2.95. The largest absolute Gasteiger partial charge is 0.392 e. The lowest BCUT2D eigenvalue weighted by Gasteiger charge is -2.44. The SMILES string of the molecule is CC(O)C1CN2Cc3ccccc3CC2CN1. The van der Waals surface area contributed by atoms with Crippen LogP contribution in [0.15, 0.2) is 24.3 Å². The molecule has 0 radical (unpaired) electrons. The molecule has 3 atom stereocenters. The Labute approximate surface area is 102 Å². The maximum Gasteiger partial charge on any atom is 0.0677 e. The Bertz CT molecular complexity index is 405. The van der Waals surface area contributed by atoms with Gasteiger partial charge in [-0.2, -0.15) is 0 Å². The number of nitrogens with one attached hydrogen (secondary N) is 1. The van der Waals surface area contributed by atoms with Gasteiger partial charge < -0.3 is 10.4 Å². The third-order valence-electron chi connectivity index (χ3n) is 4.09. The Morgan fingerprint density at radius 1 is 1.35 bits per heavy atom. The van der Waals surface area contributed by atoms with Crippen LogP contribution in [0.1, 0.15) is 18.1 Å². The van der Waals surface area contributed by atoms with Crippen molar-refractivity contribution in [3.05, 3.63) is 35.4 Å². The van der Waals surface area contributed by atoms with Crippen LogP contribution in [0.2, 0.25) is 0 Å². The molecule has 0 spiro atoms. The Hall–Kier alpha value is -0.900. The summed E-state index contributed by atoms with van der Waals surface area (Å²) in [5, 5.41) is 13.1. The van der Waals surface area contributed by atoms with Gasteiger partial charge in [-0.1, -0.05) is 24.3 Å². The predicted molar refractivity (Wildman–Crippen MR) is 67.8 cm³/mol. The molecule has 0 bridgehead atoms. The van der Waals surface area contributed by atoms with Crippen LogP contribution in [-0.4, -0.2) is 41.3 Å². The van der Waals surface area contributed by atoms with Gasteiger partial charge in [0.15, 0.2) is 0 Å². The monoisotopic (exact) mass is 232 g/mol. The van der Waals surface area contributed by atoms with E-state index in [1.807, 2.05) is 6.92 Å². The molecule has 1 aromatic rings. The van der Waals surface area contributed by atoms with Crippen LogP contribution < -0.4 is 5.32 Å². The van der Waals surface area contributed by atoms with Crippen molar-refractivity contribution in [2.75, 3.05) is 13.1 Å². The molecule has 2 aliphatic rings. The Balaban J connectivity index is 1.78. The minimum Gasteiger partial charge on any atom is -0.392 e. The fourth-order valence-corrected chi connectivity index (χ4v) is 2.98. The summed E-state index contributed by atoms with van der Waals surface area (Å²) in [6, 6.07) is 9.53. The minimum absolute atomic E-state index is 0.219. The average molecular weight is 232 g/mol. The number of rotatable bonds is 1. The smallest absolute Gasteiger partial charge is 0.0677 e. The number of aliphatic hydroxyl groups excluding tert-OH is 1. The average Bonchev–Trinajstić information content (AvgIpc) is 2.35. The number of hydrogen-bond acceptors (Lipinski definition) is 3. The molecule has 2 N–H and O–H groups in total. The van der Waals surface area contributed by atoms with E-state index in [1.165, 1.54) is 11.1 Å². The molecule has 2 heterocycles. The van der Waals surface area contributed by atoms with Gasteiger partial charge in [-0.3, -0.25) is 4.90 Å². The normalized spacial score (nSPS) is 30.5. The quantitative estimate of drug-likeness (QED) is 0.750. The van der Waals surface area contributed by atoms with E-state index >= 15 is 0 Å². The van der Waals surface area contributed by atoms with Crippen molar-refractivity contribution in [1.82, 2.24) is 10.2 Å². The van der Waals surface area contributed by atoms with Gasteiger partial charge in [-0.25, -0.2) is 0 Å². The highest BCUT2D eigenvalue weighted by Crippen LogP contribution is 2.25. The standard InChI is InChI=1S/C14H20N2O/c1-10(17)14-9-16-8-12-5-3-2-4-11(12)6-13(16)7-15-14/h2-5,10,13-15,17H,6-9H2,1H3. The lowest BCUT2D eigenvalue weighted by atomic mass is 9.91. The number of aliphatic hydroxyl groups is 1. The summed E-state index contributed by atoms with van der Waals surface area (Å²) in [4.78, 5) is 2.51. The van der Waals surface area contributed by atoms with Crippen molar-refractivity contribution in [2.24, 2.45) is 0 Å². The van der Waals surface area contributed by atoms with Gasteiger partial charge in [0.05, 0.1) is 6.10 Å². The highest BCUT2D eigenvalue weighted by Gasteiger charge is 2.33. The van der Waals surface area contributed by atoms with Crippen molar-refractivity contribution in [1.29, 1.82) is 0 Å². The molecule has 17 heavy (non-hydrogen) atoms. The fourth-order valence-electron chi connectivity index (χ4n) is 2.98. The Morgan fingerprint density at radius 2 is 2.12 bits per heavy atom. The van der Waals surface area contributed by atoms with Gasteiger partial charge in [0.1, 0.15) is 0 Å². The van der Waals surface area contributed by atoms with Gasteiger partial charge in [-0.05, 0) is 24.5 Å². The number of piperazine rings is 1. The second kappa shape index (κ2) is 4.41. The number of benzene rings is 1. The highest BCUT2D eigenvalue weighted by atomic mass is 16.3. The van der Waals surface area contributed by atoms with Crippen LogP contribution >= 0.6 is 0 Å². The summed E-state index contributed by atoms with van der Waals surface area (Å²) in [7, 11) is 0. The molecular weight excluding hydrogens is 212 g/mol. The maximum absolute atomic E-state index is 9.67. The zero-order valence-corrected chi connectivity index (χ0v) is 10.3. The molecule has 3 heteroatoms. The first-order chi connectivity index (χ1) is 8.24. The van der Waals surface area contributed by atoms with Crippen LogP contribution in [0.25, 0.3) is 0 Å². The lowest BCUT2D eigenvalue weighted by molar-refractivity contribution is 0.0523. The van der Waals surface area contributed by atoms with Gasteiger partial charge >= 0.3 is 0 Å². The topological polar surface area (TPSA) is 35.5 Å². The van der Waals surface area contributed by atoms with E-state index in [9.17, 15) is 5.11 Å². The predicted octanol–water partition coefficient (Wildman–Crippen LogP) is 0.766. The first kappa shape index (κ1) is 11.2.